The van der Waals surface area contributed by atoms with E-state index < -0.39 is 12.1 Å². The molecule has 0 aliphatic heterocycles. The molecule has 2 N–H and O–H groups in total. The summed E-state index contributed by atoms with van der Waals surface area (Å²) in [6, 6.07) is 6.87. The SMILES string of the molecule is CC(C)n1ccc2c(Cc3ccnc(F)c3)cc(C(=O)N[C@H]3CCCC[C@@H]3O)nc21. The molecule has 0 spiro atoms. The maximum absolute atomic E-state index is 13.6. The summed E-state index contributed by atoms with van der Waals surface area (Å²) in [5.41, 5.74) is 2.72. The van der Waals surface area contributed by atoms with Crippen LogP contribution >= 0.6 is 0 Å². The van der Waals surface area contributed by atoms with Gasteiger partial charge in [0.25, 0.3) is 5.91 Å². The molecule has 30 heavy (non-hydrogen) atoms. The van der Waals surface area contributed by atoms with Crippen molar-refractivity contribution in [2.45, 2.75) is 64.1 Å². The lowest BCUT2D eigenvalue weighted by atomic mass is 9.92. The van der Waals surface area contributed by atoms with Crippen molar-refractivity contribution in [3.8, 4) is 0 Å². The minimum absolute atomic E-state index is 0.180. The molecule has 4 rings (SSSR count). The number of nitrogens with one attached hydrogen (secondary N) is 1. The van der Waals surface area contributed by atoms with Crippen molar-refractivity contribution in [1.82, 2.24) is 19.9 Å². The Morgan fingerprint density at radius 1 is 1.30 bits per heavy atom. The number of rotatable bonds is 5. The number of hydrogen-bond acceptors (Lipinski definition) is 4. The summed E-state index contributed by atoms with van der Waals surface area (Å²) in [6.07, 6.45) is 6.78. The second-order valence-electron chi connectivity index (χ2n) is 8.32. The number of carbonyl (C=O) groups is 1. The summed E-state index contributed by atoms with van der Waals surface area (Å²) in [5.74, 6) is -0.816. The van der Waals surface area contributed by atoms with E-state index in [-0.39, 0.29) is 18.0 Å². The van der Waals surface area contributed by atoms with E-state index in [0.717, 1.165) is 41.4 Å². The van der Waals surface area contributed by atoms with Gasteiger partial charge in [-0.3, -0.25) is 4.79 Å². The third kappa shape index (κ3) is 4.21. The van der Waals surface area contributed by atoms with Gasteiger partial charge in [-0.05, 0) is 68.5 Å². The highest BCUT2D eigenvalue weighted by Gasteiger charge is 2.26. The minimum atomic E-state index is -0.526. The lowest BCUT2D eigenvalue weighted by Crippen LogP contribution is -2.45. The summed E-state index contributed by atoms with van der Waals surface area (Å²) in [4.78, 5) is 21.3. The second-order valence-corrected chi connectivity index (χ2v) is 8.32. The Hall–Kier alpha value is -2.80. The fourth-order valence-electron chi connectivity index (χ4n) is 4.17. The molecule has 0 radical (unpaired) electrons. The highest BCUT2D eigenvalue weighted by Crippen LogP contribution is 2.26. The highest BCUT2D eigenvalue weighted by molar-refractivity contribution is 5.96. The molecular formula is C23H27FN4O2. The Bertz CT molecular complexity index is 1060. The number of pyridine rings is 2. The van der Waals surface area contributed by atoms with E-state index in [4.69, 9.17) is 0 Å². The standard InChI is InChI=1S/C23H27FN4O2/c1-14(2)28-10-8-17-16(11-15-7-9-25-21(24)12-15)13-19(26-22(17)28)23(30)27-18-5-3-4-6-20(18)29/h7-10,12-14,18,20,29H,3-6,11H2,1-2H3,(H,27,30)/t18-,20-/m0/s1. The van der Waals surface area contributed by atoms with Gasteiger partial charge in [-0.15, -0.1) is 0 Å². The predicted octanol–water partition coefficient (Wildman–Crippen LogP) is 3.78. The van der Waals surface area contributed by atoms with Gasteiger partial charge in [0.1, 0.15) is 11.3 Å². The molecule has 0 aromatic carbocycles. The maximum atomic E-state index is 13.6. The van der Waals surface area contributed by atoms with Gasteiger partial charge in [0.2, 0.25) is 5.95 Å². The van der Waals surface area contributed by atoms with Crippen molar-refractivity contribution >= 4 is 16.9 Å². The molecule has 7 heteroatoms. The third-order valence-corrected chi connectivity index (χ3v) is 5.79. The van der Waals surface area contributed by atoms with E-state index in [0.29, 0.717) is 18.5 Å². The average Bonchev–Trinajstić information content (AvgIpc) is 3.14. The first-order valence-corrected chi connectivity index (χ1v) is 10.5. The number of fused-ring (bicyclic) bond motifs is 1. The van der Waals surface area contributed by atoms with Crippen LogP contribution in [0.2, 0.25) is 0 Å². The number of hydrogen-bond donors (Lipinski definition) is 2. The molecule has 0 unspecified atom stereocenters. The van der Waals surface area contributed by atoms with Crippen LogP contribution in [-0.4, -0.2) is 37.7 Å². The Kier molecular flexibility index (Phi) is 5.81. The Balaban J connectivity index is 1.71. The van der Waals surface area contributed by atoms with Crippen molar-refractivity contribution in [3.05, 3.63) is 59.4 Å². The molecule has 1 aliphatic carbocycles. The molecular weight excluding hydrogens is 383 g/mol. The lowest BCUT2D eigenvalue weighted by molar-refractivity contribution is 0.0714. The molecule has 1 fully saturated rings. The van der Waals surface area contributed by atoms with Crippen LogP contribution in [0.5, 0.6) is 0 Å². The average molecular weight is 410 g/mol. The van der Waals surface area contributed by atoms with E-state index in [9.17, 15) is 14.3 Å². The lowest BCUT2D eigenvalue weighted by Gasteiger charge is -2.28. The van der Waals surface area contributed by atoms with Gasteiger partial charge < -0.3 is 15.0 Å². The highest BCUT2D eigenvalue weighted by atomic mass is 19.1. The molecule has 0 saturated heterocycles. The van der Waals surface area contributed by atoms with E-state index in [1.807, 2.05) is 16.8 Å². The summed E-state index contributed by atoms with van der Waals surface area (Å²) in [6.45, 7) is 4.12. The minimum Gasteiger partial charge on any atom is -0.391 e. The Morgan fingerprint density at radius 2 is 2.10 bits per heavy atom. The van der Waals surface area contributed by atoms with Gasteiger partial charge in [0.15, 0.2) is 0 Å². The van der Waals surface area contributed by atoms with Crippen LogP contribution in [0.15, 0.2) is 36.7 Å². The smallest absolute Gasteiger partial charge is 0.270 e. The largest absolute Gasteiger partial charge is 0.391 e. The van der Waals surface area contributed by atoms with Crippen LogP contribution in [0.1, 0.15) is 67.2 Å². The molecule has 3 aromatic heterocycles. The maximum Gasteiger partial charge on any atom is 0.270 e. The van der Waals surface area contributed by atoms with Crippen molar-refractivity contribution in [2.24, 2.45) is 0 Å². The number of halogens is 1. The summed E-state index contributed by atoms with van der Waals surface area (Å²) < 4.78 is 15.6. The van der Waals surface area contributed by atoms with Gasteiger partial charge in [0, 0.05) is 23.8 Å². The van der Waals surface area contributed by atoms with E-state index in [2.05, 4.69) is 29.1 Å². The third-order valence-electron chi connectivity index (χ3n) is 5.79. The number of amides is 1. The van der Waals surface area contributed by atoms with Gasteiger partial charge >= 0.3 is 0 Å². The predicted molar refractivity (Wildman–Crippen MR) is 113 cm³/mol. The summed E-state index contributed by atoms with van der Waals surface area (Å²) in [7, 11) is 0. The van der Waals surface area contributed by atoms with E-state index >= 15 is 0 Å². The van der Waals surface area contributed by atoms with Crippen LogP contribution < -0.4 is 5.32 Å². The van der Waals surface area contributed by atoms with Gasteiger partial charge in [-0.25, -0.2) is 9.97 Å². The van der Waals surface area contributed by atoms with Crippen molar-refractivity contribution in [3.63, 3.8) is 0 Å². The van der Waals surface area contributed by atoms with Gasteiger partial charge in [-0.2, -0.15) is 4.39 Å². The van der Waals surface area contributed by atoms with Crippen molar-refractivity contribution in [1.29, 1.82) is 0 Å². The first-order valence-electron chi connectivity index (χ1n) is 10.5. The van der Waals surface area contributed by atoms with E-state index in [1.54, 1.807) is 12.1 Å². The molecule has 1 aliphatic rings. The first kappa shape index (κ1) is 20.5. The summed E-state index contributed by atoms with van der Waals surface area (Å²) in [5, 5.41) is 14.1. The van der Waals surface area contributed by atoms with Crippen LogP contribution in [0.3, 0.4) is 0 Å². The van der Waals surface area contributed by atoms with Crippen LogP contribution in [-0.2, 0) is 6.42 Å². The van der Waals surface area contributed by atoms with Gasteiger partial charge in [-0.1, -0.05) is 12.8 Å². The van der Waals surface area contributed by atoms with Crippen molar-refractivity contribution < 1.29 is 14.3 Å². The van der Waals surface area contributed by atoms with Crippen LogP contribution in [0, 0.1) is 5.95 Å². The molecule has 2 atom stereocenters. The molecule has 1 saturated carbocycles. The first-order chi connectivity index (χ1) is 14.4. The second kappa shape index (κ2) is 8.52. The number of nitrogens with zero attached hydrogens (tertiary/aromatic N) is 3. The number of aliphatic hydroxyl groups is 1. The number of aliphatic hydroxyl groups excluding tert-OH is 1. The monoisotopic (exact) mass is 410 g/mol. The zero-order chi connectivity index (χ0) is 21.3. The molecule has 158 valence electrons. The fraction of sp³-hybridized carbons (Fsp3) is 0.435. The normalized spacial score (nSPS) is 19.4. The zero-order valence-electron chi connectivity index (χ0n) is 17.3. The van der Waals surface area contributed by atoms with Gasteiger partial charge in [0.05, 0.1) is 12.1 Å². The molecule has 6 nitrogen and oxygen atoms in total. The van der Waals surface area contributed by atoms with Crippen LogP contribution in [0.25, 0.3) is 11.0 Å². The molecule has 3 aromatic rings. The van der Waals surface area contributed by atoms with Crippen molar-refractivity contribution in [2.75, 3.05) is 0 Å². The number of aromatic nitrogens is 3. The molecule has 3 heterocycles. The Labute approximate surface area is 175 Å². The zero-order valence-corrected chi connectivity index (χ0v) is 17.3. The fourth-order valence-corrected chi connectivity index (χ4v) is 4.17. The summed E-state index contributed by atoms with van der Waals surface area (Å²) >= 11 is 0. The molecule has 1 amide bonds. The quantitative estimate of drug-likeness (QED) is 0.628. The molecule has 0 bridgehead atoms. The van der Waals surface area contributed by atoms with E-state index in [1.165, 1.54) is 12.3 Å². The topological polar surface area (TPSA) is 80.0 Å². The van der Waals surface area contributed by atoms with Crippen LogP contribution in [0.4, 0.5) is 4.39 Å². The Morgan fingerprint density at radius 3 is 2.83 bits per heavy atom. The number of carbonyl (C=O) groups excluding carboxylic acids is 1.